The molecule has 1 atom stereocenters. The van der Waals surface area contributed by atoms with Crippen molar-refractivity contribution in [2.24, 2.45) is 0 Å². The maximum Gasteiger partial charge on any atom is 0.326 e. The van der Waals surface area contributed by atoms with Crippen LogP contribution in [0.3, 0.4) is 0 Å². The Hall–Kier alpha value is -1.87. The molecule has 0 aliphatic carbocycles. The number of furan rings is 1. The fourth-order valence-corrected chi connectivity index (χ4v) is 2.14. The first-order valence-corrected chi connectivity index (χ1v) is 7.14. The number of hydrogen-bond acceptors (Lipinski definition) is 5. The van der Waals surface area contributed by atoms with Crippen molar-refractivity contribution < 1.29 is 27.5 Å². The van der Waals surface area contributed by atoms with Gasteiger partial charge in [0.2, 0.25) is 5.09 Å². The van der Waals surface area contributed by atoms with Crippen LogP contribution in [0.15, 0.2) is 15.6 Å². The number of hydrogen-bond donors (Lipinski definition) is 2. The van der Waals surface area contributed by atoms with Crippen LogP contribution in [0.1, 0.15) is 23.0 Å². The van der Waals surface area contributed by atoms with Crippen molar-refractivity contribution in [3.05, 3.63) is 17.4 Å². The number of carboxylic acids is 1. The molecule has 0 radical (unpaired) electrons. The van der Waals surface area contributed by atoms with Gasteiger partial charge in [0.05, 0.1) is 5.56 Å². The molecular formula is C11H16N2O6S. The van der Waals surface area contributed by atoms with Gasteiger partial charge in [0.1, 0.15) is 11.8 Å². The molecule has 0 fully saturated rings. The van der Waals surface area contributed by atoms with Crippen molar-refractivity contribution >= 4 is 21.9 Å². The van der Waals surface area contributed by atoms with E-state index < -0.39 is 33.0 Å². The third-order valence-electron chi connectivity index (χ3n) is 2.92. The average molecular weight is 304 g/mol. The van der Waals surface area contributed by atoms with E-state index in [9.17, 15) is 18.0 Å². The first-order valence-electron chi connectivity index (χ1n) is 5.65. The highest BCUT2D eigenvalue weighted by molar-refractivity contribution is 7.89. The van der Waals surface area contributed by atoms with Crippen LogP contribution in [0.5, 0.6) is 0 Å². The highest BCUT2D eigenvalue weighted by atomic mass is 32.2. The zero-order chi connectivity index (χ0) is 15.7. The highest BCUT2D eigenvalue weighted by Gasteiger charge is 2.28. The average Bonchev–Trinajstić information content (AvgIpc) is 2.78. The molecule has 0 aromatic carbocycles. The van der Waals surface area contributed by atoms with Crippen LogP contribution in [0.4, 0.5) is 0 Å². The Labute approximate surface area is 116 Å². The second kappa shape index (κ2) is 5.63. The predicted molar refractivity (Wildman–Crippen MR) is 68.9 cm³/mol. The summed E-state index contributed by atoms with van der Waals surface area (Å²) in [5, 5.41) is 8.48. The summed E-state index contributed by atoms with van der Waals surface area (Å²) in [5.74, 6) is -1.68. The van der Waals surface area contributed by atoms with Gasteiger partial charge in [0.25, 0.3) is 15.9 Å². The smallest absolute Gasteiger partial charge is 0.326 e. The van der Waals surface area contributed by atoms with Crippen LogP contribution < -0.4 is 4.72 Å². The van der Waals surface area contributed by atoms with Crippen LogP contribution in [0.2, 0.25) is 0 Å². The molecule has 0 spiro atoms. The topological polar surface area (TPSA) is 117 Å². The molecule has 0 saturated carbocycles. The minimum Gasteiger partial charge on any atom is -0.480 e. The summed E-state index contributed by atoms with van der Waals surface area (Å²) in [6, 6.07) is 0.0374. The Balaban J connectivity index is 3.16. The number of carboxylic acid groups (broad SMARTS) is 1. The number of carbonyl (C=O) groups is 2. The number of likely N-dealkylation sites (N-methyl/N-ethyl adjacent to an activating group) is 1. The van der Waals surface area contributed by atoms with E-state index in [0.29, 0.717) is 0 Å². The zero-order valence-electron chi connectivity index (χ0n) is 11.5. The van der Waals surface area contributed by atoms with E-state index in [2.05, 4.69) is 4.72 Å². The van der Waals surface area contributed by atoms with Crippen molar-refractivity contribution in [2.45, 2.75) is 25.0 Å². The molecule has 112 valence electrons. The number of sulfonamides is 1. The Bertz CT molecular complexity index is 633. The van der Waals surface area contributed by atoms with Crippen molar-refractivity contribution in [2.75, 3.05) is 14.1 Å². The monoisotopic (exact) mass is 304 g/mol. The summed E-state index contributed by atoms with van der Waals surface area (Å²) in [7, 11) is -1.26. The summed E-state index contributed by atoms with van der Waals surface area (Å²) in [6.45, 7) is 2.78. The molecule has 8 nitrogen and oxygen atoms in total. The fraction of sp³-hybridized carbons (Fsp3) is 0.455. The lowest BCUT2D eigenvalue weighted by molar-refractivity contribution is -0.141. The van der Waals surface area contributed by atoms with Gasteiger partial charge in [0, 0.05) is 13.1 Å². The molecule has 0 bridgehead atoms. The molecule has 2 N–H and O–H groups in total. The predicted octanol–water partition coefficient (Wildman–Crippen LogP) is 0.0412. The molecule has 20 heavy (non-hydrogen) atoms. The van der Waals surface area contributed by atoms with Gasteiger partial charge in [-0.2, -0.15) is 0 Å². The number of rotatable bonds is 5. The van der Waals surface area contributed by atoms with Crippen molar-refractivity contribution in [1.29, 1.82) is 0 Å². The van der Waals surface area contributed by atoms with E-state index in [4.69, 9.17) is 9.52 Å². The van der Waals surface area contributed by atoms with Gasteiger partial charge in [-0.1, -0.05) is 0 Å². The highest BCUT2D eigenvalue weighted by Crippen LogP contribution is 2.20. The van der Waals surface area contributed by atoms with E-state index >= 15 is 0 Å². The van der Waals surface area contributed by atoms with Crippen LogP contribution in [-0.2, 0) is 14.8 Å². The van der Waals surface area contributed by atoms with E-state index in [1.807, 2.05) is 0 Å². The molecule has 1 rings (SSSR count). The molecule has 1 unspecified atom stereocenters. The lowest BCUT2D eigenvalue weighted by atomic mass is 10.2. The third kappa shape index (κ3) is 2.99. The summed E-state index contributed by atoms with van der Waals surface area (Å²) >= 11 is 0. The van der Waals surface area contributed by atoms with Crippen molar-refractivity contribution in [3.8, 4) is 0 Å². The zero-order valence-corrected chi connectivity index (χ0v) is 12.3. The number of aryl methyl sites for hydroxylation is 1. The molecular weight excluding hydrogens is 288 g/mol. The van der Waals surface area contributed by atoms with Gasteiger partial charge in [0.15, 0.2) is 0 Å². The Morgan fingerprint density at radius 3 is 2.45 bits per heavy atom. The normalized spacial score (nSPS) is 13.0. The minimum absolute atomic E-state index is 0.00873. The summed E-state index contributed by atoms with van der Waals surface area (Å²) in [4.78, 5) is 24.0. The third-order valence-corrected chi connectivity index (χ3v) is 4.19. The maximum absolute atomic E-state index is 12.1. The lowest BCUT2D eigenvalue weighted by Crippen LogP contribution is -2.40. The second-order valence-electron chi connectivity index (χ2n) is 4.17. The molecule has 1 aromatic heterocycles. The molecule has 0 aliphatic rings. The molecule has 1 amide bonds. The van der Waals surface area contributed by atoms with Crippen LogP contribution in [-0.4, -0.2) is 50.4 Å². The minimum atomic E-state index is -3.80. The van der Waals surface area contributed by atoms with Crippen LogP contribution in [0.25, 0.3) is 0 Å². The fourth-order valence-electron chi connectivity index (χ4n) is 1.43. The van der Waals surface area contributed by atoms with E-state index in [1.54, 1.807) is 0 Å². The Morgan fingerprint density at radius 2 is 2.00 bits per heavy atom. The van der Waals surface area contributed by atoms with Gasteiger partial charge >= 0.3 is 5.97 Å². The van der Waals surface area contributed by atoms with E-state index in [-0.39, 0.29) is 11.3 Å². The van der Waals surface area contributed by atoms with E-state index in [0.717, 1.165) is 11.0 Å². The molecule has 1 heterocycles. The van der Waals surface area contributed by atoms with Gasteiger partial charge < -0.3 is 14.4 Å². The quantitative estimate of drug-likeness (QED) is 0.793. The molecule has 1 aromatic rings. The number of aliphatic carboxylic acids is 1. The summed E-state index contributed by atoms with van der Waals surface area (Å²) in [5.41, 5.74) is 0.00873. The van der Waals surface area contributed by atoms with E-state index in [1.165, 1.54) is 27.9 Å². The van der Waals surface area contributed by atoms with Crippen LogP contribution >= 0.6 is 0 Å². The van der Waals surface area contributed by atoms with Gasteiger partial charge in [-0.3, -0.25) is 4.79 Å². The second-order valence-corrected chi connectivity index (χ2v) is 5.99. The van der Waals surface area contributed by atoms with Crippen LogP contribution in [0, 0.1) is 6.92 Å². The summed E-state index contributed by atoms with van der Waals surface area (Å²) in [6.07, 6.45) is 0. The first-order chi connectivity index (χ1) is 9.11. The standard InChI is InChI=1S/C11H16N2O6S/c1-6(11(15)16)13(4)10(14)8-5-9(19-7(8)2)20(17,18)12-3/h5-6,12H,1-4H3,(H,15,16). The molecule has 0 aliphatic heterocycles. The van der Waals surface area contributed by atoms with Crippen molar-refractivity contribution in [1.82, 2.24) is 9.62 Å². The molecule has 9 heteroatoms. The van der Waals surface area contributed by atoms with Gasteiger partial charge in [-0.25, -0.2) is 17.9 Å². The SMILES string of the molecule is CNS(=O)(=O)c1cc(C(=O)N(C)C(C)C(=O)O)c(C)o1. The largest absolute Gasteiger partial charge is 0.480 e. The van der Waals surface area contributed by atoms with Gasteiger partial charge in [-0.05, 0) is 20.9 Å². The summed E-state index contributed by atoms with van der Waals surface area (Å²) < 4.78 is 30.3. The lowest BCUT2D eigenvalue weighted by Gasteiger charge is -2.20. The van der Waals surface area contributed by atoms with Gasteiger partial charge in [-0.15, -0.1) is 0 Å². The maximum atomic E-state index is 12.1. The molecule has 0 saturated heterocycles. The number of nitrogens with zero attached hydrogens (tertiary/aromatic N) is 1. The Kier molecular flexibility index (Phi) is 4.56. The van der Waals surface area contributed by atoms with Crippen molar-refractivity contribution in [3.63, 3.8) is 0 Å². The Morgan fingerprint density at radius 1 is 1.45 bits per heavy atom. The number of nitrogens with one attached hydrogen (secondary N) is 1. The first kappa shape index (κ1) is 16.2. The number of carbonyl (C=O) groups excluding carboxylic acids is 1. The number of amides is 1.